The van der Waals surface area contributed by atoms with Gasteiger partial charge in [-0.15, -0.1) is 0 Å². The Bertz CT molecular complexity index is 1530. The summed E-state index contributed by atoms with van der Waals surface area (Å²) in [6.45, 7) is 0. The minimum Gasteiger partial charge on any atom is -0.356 e. The van der Waals surface area contributed by atoms with Crippen LogP contribution in [0.2, 0.25) is 0 Å². The Morgan fingerprint density at radius 3 is 0.745 bits per heavy atom. The average molecular weight is 684 g/mol. The van der Waals surface area contributed by atoms with Crippen molar-refractivity contribution in [1.82, 2.24) is 0 Å². The molecule has 0 bridgehead atoms. The monoisotopic (exact) mass is 683 g/mol. The van der Waals surface area contributed by atoms with Gasteiger partial charge in [-0.05, 0) is 22.3 Å². The topological polar surface area (TPSA) is 216 Å². The van der Waals surface area contributed by atoms with Crippen molar-refractivity contribution >= 4 is 34.9 Å². The summed E-state index contributed by atoms with van der Waals surface area (Å²) < 4.78 is 0. The molecule has 5 rings (SSSR count). The molecule has 1 heterocycles. The molecule has 4 amide bonds. The molecular weight excluding hydrogens is 660 g/mol. The summed E-state index contributed by atoms with van der Waals surface area (Å²) in [5.41, 5.74) is 4.87. The van der Waals surface area contributed by atoms with Gasteiger partial charge in [0, 0.05) is 12.8 Å². The van der Waals surface area contributed by atoms with Crippen LogP contribution in [0.15, 0.2) is 141 Å². The van der Waals surface area contributed by atoms with Crippen LogP contribution in [-0.2, 0) is 17.1 Å². The third-order valence-corrected chi connectivity index (χ3v) is 6.02. The van der Waals surface area contributed by atoms with Crippen LogP contribution in [-0.4, -0.2) is 45.1 Å². The molecule has 0 fully saturated rings. The summed E-state index contributed by atoms with van der Waals surface area (Å²) in [6, 6.07) is 36.3. The number of hydrogen-bond acceptors (Lipinski definition) is 8. The fourth-order valence-electron chi connectivity index (χ4n) is 4.18. The van der Waals surface area contributed by atoms with Crippen LogP contribution in [0, 0.1) is 30.6 Å². The van der Waals surface area contributed by atoms with Crippen LogP contribution in [0.1, 0.15) is 35.1 Å². The van der Waals surface area contributed by atoms with Gasteiger partial charge in [-0.3, -0.25) is 0 Å². The fourth-order valence-corrected chi connectivity index (χ4v) is 4.18. The predicted octanol–water partition coefficient (Wildman–Crippen LogP) is 6.50. The molecule has 0 atom stereocenters. The zero-order valence-corrected chi connectivity index (χ0v) is 25.2. The van der Waals surface area contributed by atoms with Gasteiger partial charge < -0.3 is 30.6 Å². The first-order valence-electron chi connectivity index (χ1n) is 13.3. The smallest absolute Gasteiger partial charge is 0.356 e. The average Bonchev–Trinajstić information content (AvgIpc) is 3.04. The number of hydrogen-bond donors (Lipinski definition) is 0. The standard InChI is InChI=1S/C32H24N4O2.Cu.2NO3/c37-31-33-27(23-13-5-1-6-14-23)21-28(24-15-7-2-8-16-24)34-32(38)36-30(26-19-11-4-12-20-26)22-29(35-31)25-17-9-3-10-18-25;;2*2-1(3)4/h1-20H,21-22H2;;;/q;+2;2*-1/b33-27+,34-28+,35-29+,36-30+;;;. The van der Waals surface area contributed by atoms with Crippen LogP contribution in [0.25, 0.3) is 0 Å². The Labute approximate surface area is 278 Å². The second-order valence-corrected chi connectivity index (χ2v) is 9.06. The van der Waals surface area contributed by atoms with E-state index in [9.17, 15) is 9.59 Å². The molecule has 15 heteroatoms. The van der Waals surface area contributed by atoms with Crippen LogP contribution in [0.5, 0.6) is 0 Å². The van der Waals surface area contributed by atoms with Crippen molar-refractivity contribution in [1.29, 1.82) is 0 Å². The molecule has 1 aliphatic heterocycles. The van der Waals surface area contributed by atoms with Gasteiger partial charge in [0.1, 0.15) is 0 Å². The van der Waals surface area contributed by atoms with Crippen molar-refractivity contribution in [3.63, 3.8) is 0 Å². The van der Waals surface area contributed by atoms with Crippen molar-refractivity contribution in [2.45, 2.75) is 12.8 Å². The second kappa shape index (κ2) is 19.3. The maximum Gasteiger partial charge on any atom is 2.00 e. The summed E-state index contributed by atoms with van der Waals surface area (Å²) in [6.07, 6.45) is 0.301. The Kier molecular flexibility index (Phi) is 15.2. The molecule has 0 saturated heterocycles. The SMILES string of the molecule is O=C1/N=C(/c2ccccc2)C/C(c2ccccc2)=N\C(=O)/N=C(/c2ccccc2)C/C(c2ccccc2)=N\1.O=[N+]([O-])[O-].O=[N+]([O-])[O-].[Cu+2]. The van der Waals surface area contributed by atoms with E-state index < -0.39 is 22.2 Å². The van der Waals surface area contributed by atoms with Gasteiger partial charge in [0.05, 0.1) is 33.0 Å². The van der Waals surface area contributed by atoms with E-state index in [1.54, 1.807) is 0 Å². The third kappa shape index (κ3) is 13.1. The van der Waals surface area contributed by atoms with Crippen LogP contribution in [0.3, 0.4) is 0 Å². The van der Waals surface area contributed by atoms with Gasteiger partial charge in [0.15, 0.2) is 0 Å². The number of carbonyl (C=O) groups excluding carboxylic acids is 2. The van der Waals surface area contributed by atoms with Crippen molar-refractivity contribution in [3.05, 3.63) is 174 Å². The fraction of sp³-hybridized carbons (Fsp3) is 0.0625. The van der Waals surface area contributed by atoms with E-state index in [2.05, 4.69) is 20.0 Å². The molecule has 1 radical (unpaired) electrons. The second-order valence-electron chi connectivity index (χ2n) is 9.06. The van der Waals surface area contributed by atoms with Crippen LogP contribution >= 0.6 is 0 Å². The number of carbonyl (C=O) groups is 2. The first kappa shape index (κ1) is 37.0. The number of rotatable bonds is 4. The van der Waals surface area contributed by atoms with E-state index in [0.717, 1.165) is 22.3 Å². The molecule has 0 N–H and O–H groups in total. The third-order valence-electron chi connectivity index (χ3n) is 6.02. The molecule has 241 valence electrons. The molecule has 4 aromatic carbocycles. The van der Waals surface area contributed by atoms with Gasteiger partial charge in [0.2, 0.25) is 0 Å². The molecule has 0 aromatic heterocycles. The minimum atomic E-state index is -1.75. The summed E-state index contributed by atoms with van der Waals surface area (Å²) in [5, 5.41) is 29.5. The van der Waals surface area contributed by atoms with Gasteiger partial charge in [-0.2, -0.15) is 20.0 Å². The minimum absolute atomic E-state index is 0. The van der Waals surface area contributed by atoms with Crippen LogP contribution in [0.4, 0.5) is 9.59 Å². The largest absolute Gasteiger partial charge is 2.00 e. The Balaban J connectivity index is 0.000000769. The van der Waals surface area contributed by atoms with Crippen molar-refractivity contribution < 1.29 is 36.8 Å². The van der Waals surface area contributed by atoms with Crippen molar-refractivity contribution in [2.75, 3.05) is 0 Å². The summed E-state index contributed by atoms with van der Waals surface area (Å²) in [5.74, 6) is 0. The zero-order valence-electron chi connectivity index (χ0n) is 24.2. The first-order chi connectivity index (χ1) is 22.1. The van der Waals surface area contributed by atoms with Gasteiger partial charge in [-0.25, -0.2) is 9.59 Å². The summed E-state index contributed by atoms with van der Waals surface area (Å²) >= 11 is 0. The number of amides is 4. The maximum absolute atomic E-state index is 13.3. The molecule has 0 saturated carbocycles. The van der Waals surface area contributed by atoms with E-state index in [0.29, 0.717) is 22.8 Å². The normalized spacial score (nSPS) is 17.4. The molecular formula is C32H24CuN6O8. The van der Waals surface area contributed by atoms with Gasteiger partial charge >= 0.3 is 29.1 Å². The quantitative estimate of drug-likeness (QED) is 0.131. The molecule has 4 aromatic rings. The predicted molar refractivity (Wildman–Crippen MR) is 173 cm³/mol. The van der Waals surface area contributed by atoms with E-state index in [1.165, 1.54) is 0 Å². The number of aliphatic imine (C=N–C) groups is 4. The first-order valence-corrected chi connectivity index (χ1v) is 13.3. The maximum atomic E-state index is 13.3. The Morgan fingerprint density at radius 2 is 0.574 bits per heavy atom. The Morgan fingerprint density at radius 1 is 0.404 bits per heavy atom. The van der Waals surface area contributed by atoms with Gasteiger partial charge in [0.25, 0.3) is 0 Å². The molecule has 1 aliphatic rings. The number of benzene rings is 4. The van der Waals surface area contributed by atoms with E-state index in [1.807, 2.05) is 121 Å². The summed E-state index contributed by atoms with van der Waals surface area (Å²) in [7, 11) is 0. The molecule has 14 nitrogen and oxygen atoms in total. The molecule has 0 aliphatic carbocycles. The Hall–Kier alpha value is -6.18. The van der Waals surface area contributed by atoms with Crippen molar-refractivity contribution in [3.8, 4) is 0 Å². The number of nitrogens with zero attached hydrogens (tertiary/aromatic N) is 6. The van der Waals surface area contributed by atoms with Gasteiger partial charge in [-0.1, -0.05) is 121 Å². The van der Waals surface area contributed by atoms with Crippen LogP contribution < -0.4 is 0 Å². The number of urea groups is 2. The molecule has 0 unspecified atom stereocenters. The van der Waals surface area contributed by atoms with E-state index >= 15 is 0 Å². The molecule has 0 spiro atoms. The zero-order chi connectivity index (χ0) is 33.3. The van der Waals surface area contributed by atoms with Crippen molar-refractivity contribution in [2.24, 2.45) is 20.0 Å². The molecule has 47 heavy (non-hydrogen) atoms. The van der Waals surface area contributed by atoms with E-state index in [-0.39, 0.29) is 29.9 Å². The van der Waals surface area contributed by atoms with E-state index in [4.69, 9.17) is 30.6 Å². The summed E-state index contributed by atoms with van der Waals surface area (Å²) in [4.78, 5) is 60.7.